The Kier molecular flexibility index (Phi) is 10.6. The summed E-state index contributed by atoms with van der Waals surface area (Å²) in [4.78, 5) is 71.0. The van der Waals surface area contributed by atoms with E-state index in [9.17, 15) is 45.3 Å². The normalized spacial score (nSPS) is 12.2. The Morgan fingerprint density at radius 2 is 1.23 bits per heavy atom. The highest BCUT2D eigenvalue weighted by atomic mass is 17.0. The number of nitrogens with zero attached hydrogens (tertiary/aromatic N) is 5. The van der Waals surface area contributed by atoms with Gasteiger partial charge in [-0.15, -0.1) is 40.5 Å². The molecule has 0 spiro atoms. The highest BCUT2D eigenvalue weighted by Crippen LogP contribution is 2.22. The fourth-order valence-corrected chi connectivity index (χ4v) is 2.17. The minimum absolute atomic E-state index is 0.0144. The number of likely N-dealkylation sites (N-methyl/N-ethyl adjacent to an activating group) is 1. The van der Waals surface area contributed by atoms with Crippen molar-refractivity contribution in [2.24, 2.45) is 5.41 Å². The molecule has 0 aromatic heterocycles. The molecule has 0 amide bonds. The maximum atomic E-state index is 12.1. The largest absolute Gasteiger partial charge is 0.465 e. The maximum absolute atomic E-state index is 12.1. The van der Waals surface area contributed by atoms with Gasteiger partial charge in [0.2, 0.25) is 0 Å². The van der Waals surface area contributed by atoms with E-state index in [0.717, 1.165) is 0 Å². The van der Waals surface area contributed by atoms with Crippen LogP contribution in [0.5, 0.6) is 0 Å². The van der Waals surface area contributed by atoms with E-state index in [1.807, 2.05) is 0 Å². The number of quaternary nitrogens is 1. The summed E-state index contributed by atoms with van der Waals surface area (Å²) in [6.45, 7) is -3.97. The summed E-state index contributed by atoms with van der Waals surface area (Å²) < 4.78 is 5.06. The highest BCUT2D eigenvalue weighted by molar-refractivity contribution is 5.70. The van der Waals surface area contributed by atoms with Crippen LogP contribution in [0.3, 0.4) is 0 Å². The standard InChI is InChI=1S/C12H22N5O14/c1-17(2,3)5-10(31-16(25)26)4-11(18)27-6-12(7-28-13(19)20,8-29-14(21)22)9-30-15(23)24/h10H,4-9H2,1-3H3/q+1. The van der Waals surface area contributed by atoms with Crippen LogP contribution < -0.4 is 0 Å². The Bertz CT molecular complexity index is 619. The lowest BCUT2D eigenvalue weighted by Gasteiger charge is -2.30. The van der Waals surface area contributed by atoms with Crippen molar-refractivity contribution in [1.29, 1.82) is 0 Å². The first kappa shape index (κ1) is 27.2. The third kappa shape index (κ3) is 13.9. The smallest absolute Gasteiger partial charge is 0.308 e. The zero-order valence-electron chi connectivity index (χ0n) is 16.8. The van der Waals surface area contributed by atoms with Gasteiger partial charge in [0.1, 0.15) is 33.0 Å². The van der Waals surface area contributed by atoms with Gasteiger partial charge in [-0.2, -0.15) is 0 Å². The minimum Gasteiger partial charge on any atom is -0.465 e. The minimum atomic E-state index is -2.03. The molecule has 0 saturated carbocycles. The van der Waals surface area contributed by atoms with Crippen molar-refractivity contribution < 1.29 is 53.7 Å². The van der Waals surface area contributed by atoms with Gasteiger partial charge in [-0.1, -0.05) is 0 Å². The third-order valence-electron chi connectivity index (χ3n) is 3.35. The molecular formula is C12H22N5O14+. The van der Waals surface area contributed by atoms with Gasteiger partial charge in [0, 0.05) is 0 Å². The fourth-order valence-electron chi connectivity index (χ4n) is 2.17. The number of carbonyl (C=O) groups is 1. The Hall–Kier alpha value is -3.77. The molecule has 0 aromatic carbocycles. The number of hydrogen-bond donors (Lipinski definition) is 0. The van der Waals surface area contributed by atoms with E-state index in [2.05, 4.69) is 19.4 Å². The van der Waals surface area contributed by atoms with Crippen molar-refractivity contribution in [2.75, 3.05) is 54.1 Å². The summed E-state index contributed by atoms with van der Waals surface area (Å²) in [5.74, 6) is -1.09. The molecular weight excluding hydrogens is 438 g/mol. The topological polar surface area (TPSA) is 236 Å². The number of carbonyl (C=O) groups excluding carboxylic acids is 1. The van der Waals surface area contributed by atoms with Crippen LogP contribution in [0.2, 0.25) is 0 Å². The molecule has 0 heterocycles. The van der Waals surface area contributed by atoms with Crippen LogP contribution in [-0.2, 0) is 28.9 Å². The second kappa shape index (κ2) is 12.0. The summed E-state index contributed by atoms with van der Waals surface area (Å²) in [6.07, 6.45) is -1.86. The van der Waals surface area contributed by atoms with Crippen LogP contribution in [0.1, 0.15) is 6.42 Å². The summed E-state index contributed by atoms with van der Waals surface area (Å²) in [6, 6.07) is 0. The van der Waals surface area contributed by atoms with E-state index < -0.39 is 70.7 Å². The van der Waals surface area contributed by atoms with Gasteiger partial charge in [-0.3, -0.25) is 4.79 Å². The second-order valence-electron chi connectivity index (χ2n) is 7.28. The van der Waals surface area contributed by atoms with E-state index in [1.165, 1.54) is 0 Å². The van der Waals surface area contributed by atoms with Crippen molar-refractivity contribution >= 4 is 5.97 Å². The summed E-state index contributed by atoms with van der Waals surface area (Å²) >= 11 is 0. The van der Waals surface area contributed by atoms with Gasteiger partial charge in [0.05, 0.1) is 33.0 Å². The Morgan fingerprint density at radius 1 is 0.806 bits per heavy atom. The summed E-state index contributed by atoms with van der Waals surface area (Å²) in [5, 5.41) is 37.1. The van der Waals surface area contributed by atoms with Crippen molar-refractivity contribution in [3.8, 4) is 0 Å². The lowest BCUT2D eigenvalue weighted by atomic mass is 9.92. The quantitative estimate of drug-likeness (QED) is 0.107. The Balaban J connectivity index is 5.36. The van der Waals surface area contributed by atoms with E-state index >= 15 is 0 Å². The van der Waals surface area contributed by atoms with Gasteiger partial charge in [0.15, 0.2) is 6.10 Å². The van der Waals surface area contributed by atoms with Gasteiger partial charge in [-0.05, 0) is 0 Å². The summed E-state index contributed by atoms with van der Waals surface area (Å²) in [7, 11) is 5.02. The van der Waals surface area contributed by atoms with Crippen molar-refractivity contribution in [3.05, 3.63) is 40.5 Å². The molecule has 0 fully saturated rings. The number of rotatable bonds is 17. The third-order valence-corrected chi connectivity index (χ3v) is 3.35. The van der Waals surface area contributed by atoms with Crippen LogP contribution in [0.4, 0.5) is 0 Å². The molecule has 0 saturated heterocycles. The first-order valence-corrected chi connectivity index (χ1v) is 8.23. The molecule has 0 aliphatic rings. The Labute approximate surface area is 173 Å². The molecule has 0 rings (SSSR count). The molecule has 0 aromatic rings. The van der Waals surface area contributed by atoms with Crippen LogP contribution in [0.25, 0.3) is 0 Å². The van der Waals surface area contributed by atoms with Crippen LogP contribution in [0.15, 0.2) is 0 Å². The lowest BCUT2D eigenvalue weighted by molar-refractivity contribution is -0.885. The number of esters is 1. The van der Waals surface area contributed by atoms with Crippen molar-refractivity contribution in [1.82, 2.24) is 0 Å². The molecule has 19 heteroatoms. The van der Waals surface area contributed by atoms with Gasteiger partial charge in [-0.25, -0.2) is 0 Å². The molecule has 1 unspecified atom stereocenters. The van der Waals surface area contributed by atoms with Crippen LogP contribution >= 0.6 is 0 Å². The molecule has 0 radical (unpaired) electrons. The first-order chi connectivity index (χ1) is 14.1. The first-order valence-electron chi connectivity index (χ1n) is 8.23. The van der Waals surface area contributed by atoms with Gasteiger partial charge >= 0.3 is 5.97 Å². The van der Waals surface area contributed by atoms with Gasteiger partial charge < -0.3 is 28.6 Å². The molecule has 0 aliphatic heterocycles. The monoisotopic (exact) mass is 460 g/mol. The number of hydrogen-bond acceptors (Lipinski definition) is 14. The van der Waals surface area contributed by atoms with Crippen LogP contribution in [-0.4, -0.2) is 91.0 Å². The molecule has 0 bridgehead atoms. The fraction of sp³-hybridized carbons (Fsp3) is 0.917. The maximum Gasteiger partial charge on any atom is 0.308 e. The van der Waals surface area contributed by atoms with Gasteiger partial charge in [0.25, 0.3) is 20.3 Å². The predicted octanol–water partition coefficient (Wildman–Crippen LogP) is -1.19. The highest BCUT2D eigenvalue weighted by Gasteiger charge is 2.38. The molecule has 178 valence electrons. The summed E-state index contributed by atoms with van der Waals surface area (Å²) in [5.41, 5.74) is -2.03. The van der Waals surface area contributed by atoms with Crippen molar-refractivity contribution in [2.45, 2.75) is 12.5 Å². The zero-order valence-corrected chi connectivity index (χ0v) is 16.8. The second-order valence-corrected chi connectivity index (χ2v) is 7.28. The van der Waals surface area contributed by atoms with E-state index in [4.69, 9.17) is 4.74 Å². The SMILES string of the molecule is C[N+](C)(C)CC(CC(=O)OCC(CO[N+](=O)[O-])(CO[N+](=O)[O-])CO[N+](=O)[O-])O[N+](=O)[O-]. The molecule has 1 atom stereocenters. The molecule has 0 N–H and O–H groups in total. The lowest BCUT2D eigenvalue weighted by Crippen LogP contribution is -2.45. The average Bonchev–Trinajstić information content (AvgIpc) is 2.58. The molecule has 31 heavy (non-hydrogen) atoms. The zero-order chi connectivity index (χ0) is 24.2. The van der Waals surface area contributed by atoms with E-state index in [-0.39, 0.29) is 11.0 Å². The molecule has 19 nitrogen and oxygen atoms in total. The number of ether oxygens (including phenoxy) is 1. The predicted molar refractivity (Wildman–Crippen MR) is 91.6 cm³/mol. The molecule has 0 aliphatic carbocycles. The van der Waals surface area contributed by atoms with Crippen LogP contribution in [0, 0.1) is 45.9 Å². The van der Waals surface area contributed by atoms with E-state index in [1.54, 1.807) is 21.1 Å². The van der Waals surface area contributed by atoms with Crippen molar-refractivity contribution in [3.63, 3.8) is 0 Å². The average molecular weight is 460 g/mol. The Morgan fingerprint density at radius 3 is 1.55 bits per heavy atom. The van der Waals surface area contributed by atoms with E-state index in [0.29, 0.717) is 0 Å².